The first-order valence-corrected chi connectivity index (χ1v) is 6.74. The molecule has 2 N–H and O–H groups in total. The lowest BCUT2D eigenvalue weighted by atomic mass is 10.4. The van der Waals surface area contributed by atoms with Crippen molar-refractivity contribution in [2.45, 2.75) is 17.3 Å². The zero-order chi connectivity index (χ0) is 12.4. The first kappa shape index (κ1) is 12.1. The van der Waals surface area contributed by atoms with E-state index in [2.05, 4.69) is 10.2 Å². The third kappa shape index (κ3) is 2.50. The number of carbonyl (C=O) groups excluding carboxylic acids is 1. The van der Waals surface area contributed by atoms with Crippen molar-refractivity contribution in [1.82, 2.24) is 14.8 Å². The summed E-state index contributed by atoms with van der Waals surface area (Å²) < 4.78 is 1.87. The van der Waals surface area contributed by atoms with E-state index in [0.29, 0.717) is 5.16 Å². The predicted molar refractivity (Wildman–Crippen MR) is 68.8 cm³/mol. The molecule has 5 nitrogen and oxygen atoms in total. The van der Waals surface area contributed by atoms with Crippen molar-refractivity contribution in [3.05, 3.63) is 17.5 Å². The number of hydrogen-bond donors (Lipinski definition) is 1. The molecule has 0 saturated heterocycles. The summed E-state index contributed by atoms with van der Waals surface area (Å²) in [6, 6.07) is 3.95. The van der Waals surface area contributed by atoms with E-state index in [4.69, 9.17) is 5.73 Å². The van der Waals surface area contributed by atoms with Gasteiger partial charge in [-0.1, -0.05) is 17.8 Å². The molecule has 0 unspecified atom stereocenters. The van der Waals surface area contributed by atoms with Crippen molar-refractivity contribution >= 4 is 29.0 Å². The summed E-state index contributed by atoms with van der Waals surface area (Å²) >= 11 is 2.92. The Balaban J connectivity index is 2.24. The normalized spacial score (nSPS) is 12.6. The van der Waals surface area contributed by atoms with Gasteiger partial charge in [0.15, 0.2) is 11.0 Å². The van der Waals surface area contributed by atoms with Gasteiger partial charge in [0, 0.05) is 7.05 Å². The number of carbonyl (C=O) groups is 1. The number of hydrogen-bond acceptors (Lipinski definition) is 5. The van der Waals surface area contributed by atoms with Gasteiger partial charge < -0.3 is 10.3 Å². The van der Waals surface area contributed by atoms with Crippen molar-refractivity contribution in [3.8, 4) is 10.7 Å². The second-order valence-electron chi connectivity index (χ2n) is 3.50. The third-order valence-corrected chi connectivity index (χ3v) is 4.28. The maximum absolute atomic E-state index is 11.0. The summed E-state index contributed by atoms with van der Waals surface area (Å²) in [5.74, 6) is 0.454. The Morgan fingerprint density at radius 2 is 2.35 bits per heavy atom. The Bertz CT molecular complexity index is 520. The molecule has 2 rings (SSSR count). The Hall–Kier alpha value is -1.34. The molecule has 1 amide bonds. The van der Waals surface area contributed by atoms with Crippen molar-refractivity contribution in [3.63, 3.8) is 0 Å². The minimum absolute atomic E-state index is 0.311. The molecule has 0 aromatic carbocycles. The van der Waals surface area contributed by atoms with E-state index in [9.17, 15) is 4.79 Å². The number of thiophene rings is 1. The third-order valence-electron chi connectivity index (χ3n) is 2.26. The zero-order valence-corrected chi connectivity index (χ0v) is 11.1. The van der Waals surface area contributed by atoms with Crippen LogP contribution in [0.25, 0.3) is 10.7 Å². The smallest absolute Gasteiger partial charge is 0.230 e. The zero-order valence-electron chi connectivity index (χ0n) is 9.45. The number of aromatic nitrogens is 3. The van der Waals surface area contributed by atoms with Gasteiger partial charge in [-0.2, -0.15) is 0 Å². The lowest BCUT2D eigenvalue weighted by Gasteiger charge is -2.06. The molecular formula is C10H12N4OS2. The van der Waals surface area contributed by atoms with Crippen LogP contribution in [0.15, 0.2) is 22.7 Å². The van der Waals surface area contributed by atoms with Crippen molar-refractivity contribution in [2.24, 2.45) is 12.8 Å². The molecule has 0 bridgehead atoms. The number of thioether (sulfide) groups is 1. The number of nitrogens with two attached hydrogens (primary N) is 1. The Labute approximate surface area is 107 Å². The fourth-order valence-corrected chi connectivity index (χ4v) is 2.76. The molecule has 0 fully saturated rings. The molecular weight excluding hydrogens is 256 g/mol. The Kier molecular flexibility index (Phi) is 3.49. The highest BCUT2D eigenvalue weighted by Gasteiger charge is 2.17. The van der Waals surface area contributed by atoms with Crippen molar-refractivity contribution < 1.29 is 4.79 Å². The molecule has 0 aliphatic carbocycles. The molecule has 2 aromatic rings. The van der Waals surface area contributed by atoms with Crippen LogP contribution < -0.4 is 5.73 Å². The first-order chi connectivity index (χ1) is 8.09. The minimum Gasteiger partial charge on any atom is -0.369 e. The highest BCUT2D eigenvalue weighted by atomic mass is 32.2. The fraction of sp³-hybridized carbons (Fsp3) is 0.300. The van der Waals surface area contributed by atoms with Gasteiger partial charge in [-0.3, -0.25) is 4.79 Å². The average Bonchev–Trinajstić information content (AvgIpc) is 2.89. The summed E-state index contributed by atoms with van der Waals surface area (Å²) in [6.45, 7) is 1.76. The Morgan fingerprint density at radius 3 is 2.94 bits per heavy atom. The van der Waals surface area contributed by atoms with E-state index in [0.717, 1.165) is 10.7 Å². The monoisotopic (exact) mass is 268 g/mol. The van der Waals surface area contributed by atoms with E-state index in [1.807, 2.05) is 29.1 Å². The number of nitrogens with zero attached hydrogens (tertiary/aromatic N) is 3. The quantitative estimate of drug-likeness (QED) is 0.853. The highest BCUT2D eigenvalue weighted by molar-refractivity contribution is 8.00. The molecule has 1 atom stereocenters. The number of amides is 1. The van der Waals surface area contributed by atoms with Gasteiger partial charge in [0.1, 0.15) is 0 Å². The highest BCUT2D eigenvalue weighted by Crippen LogP contribution is 2.27. The molecule has 0 spiro atoms. The van der Waals surface area contributed by atoms with Crippen LogP contribution in [0, 0.1) is 0 Å². The van der Waals surface area contributed by atoms with Crippen LogP contribution in [0.1, 0.15) is 6.92 Å². The molecule has 17 heavy (non-hydrogen) atoms. The van der Waals surface area contributed by atoms with Crippen LogP contribution in [0.4, 0.5) is 0 Å². The van der Waals surface area contributed by atoms with E-state index >= 15 is 0 Å². The van der Waals surface area contributed by atoms with Crippen LogP contribution >= 0.6 is 23.1 Å². The molecule has 0 radical (unpaired) electrons. The van der Waals surface area contributed by atoms with E-state index in [-0.39, 0.29) is 11.2 Å². The second-order valence-corrected chi connectivity index (χ2v) is 5.76. The lowest BCUT2D eigenvalue weighted by molar-refractivity contribution is -0.117. The summed E-state index contributed by atoms with van der Waals surface area (Å²) in [4.78, 5) is 12.1. The molecule has 2 heterocycles. The second kappa shape index (κ2) is 4.89. The van der Waals surface area contributed by atoms with Crippen molar-refractivity contribution in [2.75, 3.05) is 0 Å². The van der Waals surface area contributed by atoms with Gasteiger partial charge in [-0.05, 0) is 18.4 Å². The van der Waals surface area contributed by atoms with Gasteiger partial charge >= 0.3 is 0 Å². The maximum Gasteiger partial charge on any atom is 0.230 e. The summed E-state index contributed by atoms with van der Waals surface area (Å²) in [5, 5.41) is 10.6. The van der Waals surface area contributed by atoms with E-state index in [1.54, 1.807) is 18.3 Å². The van der Waals surface area contributed by atoms with Crippen molar-refractivity contribution in [1.29, 1.82) is 0 Å². The van der Waals surface area contributed by atoms with Crippen LogP contribution in [-0.2, 0) is 11.8 Å². The van der Waals surface area contributed by atoms with E-state index in [1.165, 1.54) is 11.8 Å². The number of primary amides is 1. The summed E-state index contributed by atoms with van der Waals surface area (Å²) in [6.07, 6.45) is 0. The average molecular weight is 268 g/mol. The maximum atomic E-state index is 11.0. The topological polar surface area (TPSA) is 73.8 Å². The molecule has 7 heteroatoms. The molecule has 90 valence electrons. The Morgan fingerprint density at radius 1 is 1.59 bits per heavy atom. The largest absolute Gasteiger partial charge is 0.369 e. The standard InChI is InChI=1S/C10H12N4OS2/c1-6(8(11)15)17-10-13-12-9(14(10)2)7-4-3-5-16-7/h3-6H,1-2H3,(H2,11,15)/t6-/m0/s1. The number of rotatable bonds is 4. The fourth-order valence-electron chi connectivity index (χ4n) is 1.25. The van der Waals surface area contributed by atoms with Gasteiger partial charge in [0.05, 0.1) is 10.1 Å². The van der Waals surface area contributed by atoms with Gasteiger partial charge in [-0.25, -0.2) is 0 Å². The summed E-state index contributed by atoms with van der Waals surface area (Å²) in [7, 11) is 1.88. The van der Waals surface area contributed by atoms with Crippen LogP contribution in [0.2, 0.25) is 0 Å². The van der Waals surface area contributed by atoms with Crippen LogP contribution in [0.5, 0.6) is 0 Å². The minimum atomic E-state index is -0.351. The van der Waals surface area contributed by atoms with Crippen LogP contribution in [-0.4, -0.2) is 25.9 Å². The molecule has 0 aliphatic rings. The predicted octanol–water partition coefficient (Wildman–Crippen LogP) is 1.51. The molecule has 2 aromatic heterocycles. The lowest BCUT2D eigenvalue weighted by Crippen LogP contribution is -2.22. The summed E-state index contributed by atoms with van der Waals surface area (Å²) in [5.41, 5.74) is 5.22. The van der Waals surface area contributed by atoms with Gasteiger partial charge in [0.25, 0.3) is 0 Å². The van der Waals surface area contributed by atoms with E-state index < -0.39 is 0 Å². The van der Waals surface area contributed by atoms with Gasteiger partial charge in [-0.15, -0.1) is 21.5 Å². The SMILES string of the molecule is C[C@H](Sc1nnc(-c2cccs2)n1C)C(N)=O. The molecule has 0 aliphatic heterocycles. The van der Waals surface area contributed by atoms with Crippen LogP contribution in [0.3, 0.4) is 0 Å². The van der Waals surface area contributed by atoms with Gasteiger partial charge in [0.2, 0.25) is 5.91 Å². The first-order valence-electron chi connectivity index (χ1n) is 4.99. The molecule has 0 saturated carbocycles.